The van der Waals surface area contributed by atoms with Gasteiger partial charge in [-0.3, -0.25) is 0 Å². The molecule has 0 bridgehead atoms. The van der Waals surface area contributed by atoms with E-state index in [-0.39, 0.29) is 11.5 Å². The summed E-state index contributed by atoms with van der Waals surface area (Å²) in [5.74, 6) is 0.339. The normalized spacial score (nSPS) is 8.50. The van der Waals surface area contributed by atoms with Crippen LogP contribution in [-0.4, -0.2) is 16.8 Å². The largest absolute Gasteiger partial charge is 0.508 e. The van der Waals surface area contributed by atoms with E-state index < -0.39 is 0 Å². The molecule has 0 aliphatic heterocycles. The van der Waals surface area contributed by atoms with Crippen LogP contribution in [0.3, 0.4) is 0 Å². The first kappa shape index (κ1) is 10.8. The molecule has 0 amide bonds. The summed E-state index contributed by atoms with van der Waals surface area (Å²) in [6.07, 6.45) is 1.10. The van der Waals surface area contributed by atoms with E-state index in [1.54, 1.807) is 0 Å². The Hall–Kier alpha value is -1.22. The first-order valence-corrected chi connectivity index (χ1v) is 3.88. The second-order valence-corrected chi connectivity index (χ2v) is 2.31. The minimum Gasteiger partial charge on any atom is -0.508 e. The van der Waals surface area contributed by atoms with Crippen molar-refractivity contribution in [1.29, 1.82) is 0 Å². The van der Waals surface area contributed by atoms with Crippen LogP contribution in [0.5, 0.6) is 11.5 Å². The molecule has 4 N–H and O–H groups in total. The van der Waals surface area contributed by atoms with Crippen LogP contribution in [0.15, 0.2) is 24.3 Å². The molecule has 0 unspecified atom stereocenters. The highest BCUT2D eigenvalue weighted by Crippen LogP contribution is 2.13. The number of rotatable bonds is 1. The Bertz CT molecular complexity index is 173. The van der Waals surface area contributed by atoms with Gasteiger partial charge in [-0.1, -0.05) is 6.92 Å². The predicted molar refractivity (Wildman–Crippen MR) is 49.1 cm³/mol. The number of nitrogens with two attached hydrogens (primary N) is 1. The molecule has 1 rings (SSSR count). The molecule has 1 aromatic rings. The second-order valence-electron chi connectivity index (χ2n) is 2.31. The summed E-state index contributed by atoms with van der Waals surface area (Å²) < 4.78 is 0. The summed E-state index contributed by atoms with van der Waals surface area (Å²) in [5.41, 5.74) is 5.03. The summed E-state index contributed by atoms with van der Waals surface area (Å²) in [5, 5.41) is 17.3. The van der Waals surface area contributed by atoms with Gasteiger partial charge in [-0.25, -0.2) is 0 Å². The lowest BCUT2D eigenvalue weighted by Gasteiger charge is -1.88. The van der Waals surface area contributed by atoms with Gasteiger partial charge in [0.05, 0.1) is 0 Å². The lowest BCUT2D eigenvalue weighted by atomic mass is 10.3. The smallest absolute Gasteiger partial charge is 0.115 e. The molecule has 3 nitrogen and oxygen atoms in total. The fourth-order valence-corrected chi connectivity index (χ4v) is 0.453. The molecule has 0 radical (unpaired) electrons. The number of phenolic OH excluding ortho intramolecular Hbond substituents is 2. The summed E-state index contributed by atoms with van der Waals surface area (Å²) in [7, 11) is 0. The van der Waals surface area contributed by atoms with Gasteiger partial charge in [-0.05, 0) is 37.2 Å². The minimum absolute atomic E-state index is 0.169. The van der Waals surface area contributed by atoms with Crippen molar-refractivity contribution in [2.24, 2.45) is 5.73 Å². The number of hydrogen-bond donors (Lipinski definition) is 3. The van der Waals surface area contributed by atoms with E-state index >= 15 is 0 Å². The van der Waals surface area contributed by atoms with Gasteiger partial charge in [0.2, 0.25) is 0 Å². The minimum atomic E-state index is 0.169. The highest BCUT2D eigenvalue weighted by atomic mass is 16.3. The Kier molecular flexibility index (Phi) is 5.83. The Labute approximate surface area is 72.5 Å². The van der Waals surface area contributed by atoms with E-state index in [0.29, 0.717) is 0 Å². The lowest BCUT2D eigenvalue weighted by Crippen LogP contribution is -1.93. The maximum Gasteiger partial charge on any atom is 0.115 e. The first-order chi connectivity index (χ1) is 5.70. The van der Waals surface area contributed by atoms with Crippen molar-refractivity contribution in [1.82, 2.24) is 0 Å². The maximum absolute atomic E-state index is 8.65. The molecule has 0 fully saturated rings. The molecule has 0 heterocycles. The molecule has 0 aliphatic carbocycles. The van der Waals surface area contributed by atoms with Gasteiger partial charge < -0.3 is 15.9 Å². The van der Waals surface area contributed by atoms with Crippen molar-refractivity contribution < 1.29 is 10.2 Å². The Balaban J connectivity index is 0.000000261. The molecule has 0 saturated carbocycles. The van der Waals surface area contributed by atoms with Crippen LogP contribution in [0.4, 0.5) is 0 Å². The van der Waals surface area contributed by atoms with Crippen LogP contribution in [0.1, 0.15) is 13.3 Å². The number of benzene rings is 1. The van der Waals surface area contributed by atoms with Gasteiger partial charge in [-0.15, -0.1) is 0 Å². The molecule has 0 aliphatic rings. The van der Waals surface area contributed by atoms with Crippen LogP contribution in [0.25, 0.3) is 0 Å². The van der Waals surface area contributed by atoms with Crippen molar-refractivity contribution in [2.45, 2.75) is 13.3 Å². The second kappa shape index (κ2) is 6.49. The third-order valence-corrected chi connectivity index (χ3v) is 1.14. The van der Waals surface area contributed by atoms with Crippen molar-refractivity contribution in [3.05, 3.63) is 24.3 Å². The fraction of sp³-hybridized carbons (Fsp3) is 0.333. The topological polar surface area (TPSA) is 66.5 Å². The zero-order valence-electron chi connectivity index (χ0n) is 7.20. The maximum atomic E-state index is 8.65. The quantitative estimate of drug-likeness (QED) is 0.557. The van der Waals surface area contributed by atoms with E-state index in [0.717, 1.165) is 13.0 Å². The molecule has 3 heteroatoms. The number of aromatic hydroxyl groups is 2. The molecule has 0 atom stereocenters. The van der Waals surface area contributed by atoms with Gasteiger partial charge in [0.25, 0.3) is 0 Å². The average molecular weight is 169 g/mol. The van der Waals surface area contributed by atoms with Crippen molar-refractivity contribution in [3.8, 4) is 11.5 Å². The summed E-state index contributed by atoms with van der Waals surface area (Å²) in [6.45, 7) is 2.88. The molecule has 0 saturated heterocycles. The van der Waals surface area contributed by atoms with Crippen LogP contribution in [-0.2, 0) is 0 Å². The molecule has 1 aromatic carbocycles. The third-order valence-electron chi connectivity index (χ3n) is 1.14. The summed E-state index contributed by atoms with van der Waals surface area (Å²) in [4.78, 5) is 0. The summed E-state index contributed by atoms with van der Waals surface area (Å²) >= 11 is 0. The van der Waals surface area contributed by atoms with Crippen molar-refractivity contribution in [3.63, 3.8) is 0 Å². The third kappa shape index (κ3) is 5.56. The first-order valence-electron chi connectivity index (χ1n) is 3.88. The summed E-state index contributed by atoms with van der Waals surface area (Å²) in [6, 6.07) is 5.70. The monoisotopic (exact) mass is 169 g/mol. The Morgan fingerprint density at radius 1 is 1.08 bits per heavy atom. The van der Waals surface area contributed by atoms with E-state index in [1.807, 2.05) is 0 Å². The predicted octanol–water partition coefficient (Wildman–Crippen LogP) is 1.45. The van der Waals surface area contributed by atoms with E-state index in [1.165, 1.54) is 24.3 Å². The van der Waals surface area contributed by atoms with Crippen LogP contribution in [0.2, 0.25) is 0 Å². The Morgan fingerprint density at radius 2 is 1.33 bits per heavy atom. The highest BCUT2D eigenvalue weighted by Gasteiger charge is 1.84. The van der Waals surface area contributed by atoms with Gasteiger partial charge in [0.15, 0.2) is 0 Å². The SMILES string of the molecule is CCCN.Oc1ccc(O)cc1. The highest BCUT2D eigenvalue weighted by molar-refractivity contribution is 5.28. The zero-order chi connectivity index (χ0) is 9.40. The van der Waals surface area contributed by atoms with Gasteiger partial charge in [0.1, 0.15) is 11.5 Å². The van der Waals surface area contributed by atoms with Gasteiger partial charge in [0, 0.05) is 0 Å². The van der Waals surface area contributed by atoms with E-state index in [9.17, 15) is 0 Å². The molecular formula is C9H15NO2. The standard InChI is InChI=1S/C6H6O2.C3H9N/c7-5-1-2-6(8)4-3-5;1-2-3-4/h1-4,7-8H;2-4H2,1H3. The molecule has 0 aromatic heterocycles. The molecule has 68 valence electrons. The van der Waals surface area contributed by atoms with Gasteiger partial charge >= 0.3 is 0 Å². The Morgan fingerprint density at radius 3 is 1.50 bits per heavy atom. The van der Waals surface area contributed by atoms with E-state index in [4.69, 9.17) is 15.9 Å². The fourth-order valence-electron chi connectivity index (χ4n) is 0.453. The molecule has 0 spiro atoms. The average Bonchev–Trinajstić information content (AvgIpc) is 2.11. The van der Waals surface area contributed by atoms with Crippen LogP contribution in [0, 0.1) is 0 Å². The number of phenols is 2. The number of hydrogen-bond acceptors (Lipinski definition) is 3. The van der Waals surface area contributed by atoms with E-state index in [2.05, 4.69) is 6.92 Å². The molecule has 12 heavy (non-hydrogen) atoms. The lowest BCUT2D eigenvalue weighted by molar-refractivity contribution is 0.460. The van der Waals surface area contributed by atoms with Crippen LogP contribution < -0.4 is 5.73 Å². The zero-order valence-corrected chi connectivity index (χ0v) is 7.20. The molecular weight excluding hydrogens is 154 g/mol. The van der Waals surface area contributed by atoms with Crippen LogP contribution >= 0.6 is 0 Å². The van der Waals surface area contributed by atoms with Gasteiger partial charge in [-0.2, -0.15) is 0 Å². The van der Waals surface area contributed by atoms with Crippen molar-refractivity contribution in [2.75, 3.05) is 6.54 Å². The van der Waals surface area contributed by atoms with Crippen molar-refractivity contribution >= 4 is 0 Å².